The Morgan fingerprint density at radius 3 is 2.37 bits per heavy atom. The SMILES string of the molecule is O=C(CCc1cccnc1)Cc1ccc(OCCc2ccccc2-c2ccccc2OCCN2CCOCC2)cc1. The van der Waals surface area contributed by atoms with Gasteiger partial charge in [-0.15, -0.1) is 0 Å². The third-order valence-electron chi connectivity index (χ3n) is 7.34. The molecule has 5 rings (SSSR count). The van der Waals surface area contributed by atoms with Crippen molar-refractivity contribution in [3.05, 3.63) is 114 Å². The highest BCUT2D eigenvalue weighted by Crippen LogP contribution is 2.32. The fourth-order valence-corrected chi connectivity index (χ4v) is 5.05. The summed E-state index contributed by atoms with van der Waals surface area (Å²) < 4.78 is 17.8. The van der Waals surface area contributed by atoms with Crippen LogP contribution in [0.5, 0.6) is 11.5 Å². The number of pyridine rings is 1. The van der Waals surface area contributed by atoms with Crippen LogP contribution in [0.2, 0.25) is 0 Å². The highest BCUT2D eigenvalue weighted by Gasteiger charge is 2.13. The summed E-state index contributed by atoms with van der Waals surface area (Å²) in [5.41, 5.74) is 5.57. The second kappa shape index (κ2) is 15.1. The van der Waals surface area contributed by atoms with Gasteiger partial charge >= 0.3 is 0 Å². The van der Waals surface area contributed by atoms with Crippen LogP contribution in [-0.4, -0.2) is 61.7 Å². The lowest BCUT2D eigenvalue weighted by Crippen LogP contribution is -2.38. The molecule has 0 radical (unpaired) electrons. The number of nitrogens with zero attached hydrogens (tertiary/aromatic N) is 2. The topological polar surface area (TPSA) is 60.9 Å². The van der Waals surface area contributed by atoms with E-state index >= 15 is 0 Å². The third-order valence-corrected chi connectivity index (χ3v) is 7.34. The van der Waals surface area contributed by atoms with Gasteiger partial charge in [0.1, 0.15) is 23.9 Å². The average molecular weight is 551 g/mol. The van der Waals surface area contributed by atoms with Gasteiger partial charge in [0.25, 0.3) is 0 Å². The van der Waals surface area contributed by atoms with Gasteiger partial charge in [-0.3, -0.25) is 14.7 Å². The largest absolute Gasteiger partial charge is 0.493 e. The zero-order chi connectivity index (χ0) is 28.1. The summed E-state index contributed by atoms with van der Waals surface area (Å²) in [7, 11) is 0. The molecule has 6 heteroatoms. The molecule has 1 fully saturated rings. The van der Waals surface area contributed by atoms with Crippen molar-refractivity contribution in [2.45, 2.75) is 25.7 Å². The van der Waals surface area contributed by atoms with Crippen molar-refractivity contribution in [3.63, 3.8) is 0 Å². The maximum Gasteiger partial charge on any atom is 0.137 e. The van der Waals surface area contributed by atoms with Crippen LogP contribution in [0, 0.1) is 0 Å². The maximum atomic E-state index is 12.4. The smallest absolute Gasteiger partial charge is 0.137 e. The molecule has 1 aliphatic rings. The molecule has 0 atom stereocenters. The molecular weight excluding hydrogens is 512 g/mol. The van der Waals surface area contributed by atoms with Gasteiger partial charge in [0.05, 0.1) is 19.8 Å². The Hall–Kier alpha value is -4.00. The number of aryl methyl sites for hydroxylation is 1. The van der Waals surface area contributed by atoms with Crippen LogP contribution >= 0.6 is 0 Å². The average Bonchev–Trinajstić information content (AvgIpc) is 3.02. The van der Waals surface area contributed by atoms with E-state index in [4.69, 9.17) is 14.2 Å². The number of carbonyl (C=O) groups excluding carboxylic acids is 1. The number of hydrogen-bond donors (Lipinski definition) is 0. The predicted molar refractivity (Wildman–Crippen MR) is 162 cm³/mol. The first-order valence-electron chi connectivity index (χ1n) is 14.5. The summed E-state index contributed by atoms with van der Waals surface area (Å²) in [6.45, 7) is 5.61. The van der Waals surface area contributed by atoms with E-state index < -0.39 is 0 Å². The van der Waals surface area contributed by atoms with E-state index in [9.17, 15) is 4.79 Å². The number of benzene rings is 3. The quantitative estimate of drug-likeness (QED) is 0.197. The second-order valence-electron chi connectivity index (χ2n) is 10.3. The van der Waals surface area contributed by atoms with Gasteiger partial charge in [0.2, 0.25) is 0 Å². The number of aromatic nitrogens is 1. The Bertz CT molecular complexity index is 1370. The van der Waals surface area contributed by atoms with Crippen molar-refractivity contribution in [2.24, 2.45) is 0 Å². The van der Waals surface area contributed by atoms with Crippen LogP contribution < -0.4 is 9.47 Å². The molecule has 1 aliphatic heterocycles. The summed E-state index contributed by atoms with van der Waals surface area (Å²) in [4.78, 5) is 18.9. The molecule has 0 amide bonds. The van der Waals surface area contributed by atoms with Crippen molar-refractivity contribution in [1.29, 1.82) is 0 Å². The van der Waals surface area contributed by atoms with Gasteiger partial charge in [-0.2, -0.15) is 0 Å². The van der Waals surface area contributed by atoms with Crippen LogP contribution in [0.4, 0.5) is 0 Å². The van der Waals surface area contributed by atoms with E-state index in [1.54, 1.807) is 6.20 Å². The molecule has 212 valence electrons. The lowest BCUT2D eigenvalue weighted by atomic mass is 9.97. The number of para-hydroxylation sites is 1. The zero-order valence-electron chi connectivity index (χ0n) is 23.5. The number of rotatable bonds is 14. The van der Waals surface area contributed by atoms with Crippen LogP contribution in [0.1, 0.15) is 23.1 Å². The van der Waals surface area contributed by atoms with Gasteiger partial charge in [-0.05, 0) is 52.9 Å². The molecule has 41 heavy (non-hydrogen) atoms. The minimum atomic E-state index is 0.226. The molecule has 1 saturated heterocycles. The van der Waals surface area contributed by atoms with E-state index in [-0.39, 0.29) is 5.78 Å². The van der Waals surface area contributed by atoms with Crippen molar-refractivity contribution in [2.75, 3.05) is 46.1 Å². The number of ether oxygens (including phenoxy) is 3. The highest BCUT2D eigenvalue weighted by molar-refractivity contribution is 5.81. The number of morpholine rings is 1. The van der Waals surface area contributed by atoms with Crippen LogP contribution in [-0.2, 0) is 28.8 Å². The van der Waals surface area contributed by atoms with E-state index in [1.807, 2.05) is 54.7 Å². The summed E-state index contributed by atoms with van der Waals surface area (Å²) in [6.07, 6.45) is 6.01. The van der Waals surface area contributed by atoms with Gasteiger partial charge in [-0.1, -0.05) is 60.7 Å². The Morgan fingerprint density at radius 2 is 1.56 bits per heavy atom. The number of hydrogen-bond acceptors (Lipinski definition) is 6. The van der Waals surface area contributed by atoms with Gasteiger partial charge in [0, 0.05) is 56.9 Å². The van der Waals surface area contributed by atoms with E-state index in [0.717, 1.165) is 73.9 Å². The molecule has 0 bridgehead atoms. The summed E-state index contributed by atoms with van der Waals surface area (Å²) in [6, 6.07) is 28.5. The Labute approximate surface area is 242 Å². The molecule has 2 heterocycles. The lowest BCUT2D eigenvalue weighted by molar-refractivity contribution is -0.118. The minimum Gasteiger partial charge on any atom is -0.493 e. The van der Waals surface area contributed by atoms with Gasteiger partial charge in [0.15, 0.2) is 0 Å². The Balaban J connectivity index is 1.12. The third kappa shape index (κ3) is 8.74. The molecule has 4 aromatic rings. The van der Waals surface area contributed by atoms with E-state index in [1.165, 1.54) is 11.1 Å². The summed E-state index contributed by atoms with van der Waals surface area (Å²) in [5.74, 6) is 1.94. The predicted octanol–water partition coefficient (Wildman–Crippen LogP) is 5.83. The zero-order valence-corrected chi connectivity index (χ0v) is 23.5. The molecule has 3 aromatic carbocycles. The maximum absolute atomic E-state index is 12.4. The molecule has 0 spiro atoms. The van der Waals surface area contributed by atoms with Crippen molar-refractivity contribution < 1.29 is 19.0 Å². The molecule has 0 N–H and O–H groups in total. The summed E-state index contributed by atoms with van der Waals surface area (Å²) >= 11 is 0. The van der Waals surface area contributed by atoms with Crippen molar-refractivity contribution in [1.82, 2.24) is 9.88 Å². The lowest BCUT2D eigenvalue weighted by Gasteiger charge is -2.26. The highest BCUT2D eigenvalue weighted by atomic mass is 16.5. The first-order valence-corrected chi connectivity index (χ1v) is 14.5. The van der Waals surface area contributed by atoms with Crippen molar-refractivity contribution in [3.8, 4) is 22.6 Å². The number of Topliss-reactive ketones (excluding diaryl/α,β-unsaturated/α-hetero) is 1. The van der Waals surface area contributed by atoms with Crippen LogP contribution in [0.3, 0.4) is 0 Å². The van der Waals surface area contributed by atoms with Gasteiger partial charge in [-0.25, -0.2) is 0 Å². The van der Waals surface area contributed by atoms with E-state index in [0.29, 0.717) is 26.1 Å². The minimum absolute atomic E-state index is 0.226. The first kappa shape index (κ1) is 28.5. The Morgan fingerprint density at radius 1 is 0.780 bits per heavy atom. The second-order valence-corrected chi connectivity index (χ2v) is 10.3. The van der Waals surface area contributed by atoms with Crippen molar-refractivity contribution >= 4 is 5.78 Å². The summed E-state index contributed by atoms with van der Waals surface area (Å²) in [5, 5.41) is 0. The van der Waals surface area contributed by atoms with Crippen LogP contribution in [0.15, 0.2) is 97.3 Å². The van der Waals surface area contributed by atoms with E-state index in [2.05, 4.69) is 46.3 Å². The molecule has 6 nitrogen and oxygen atoms in total. The molecule has 0 aliphatic carbocycles. The van der Waals surface area contributed by atoms with Crippen LogP contribution in [0.25, 0.3) is 11.1 Å². The monoisotopic (exact) mass is 550 g/mol. The molecule has 0 saturated carbocycles. The molecule has 1 aromatic heterocycles. The van der Waals surface area contributed by atoms with Gasteiger partial charge < -0.3 is 14.2 Å². The first-order chi connectivity index (χ1) is 20.2. The normalized spacial score (nSPS) is 13.6. The number of ketones is 1. The fourth-order valence-electron chi connectivity index (χ4n) is 5.05. The standard InChI is InChI=1S/C35H38N2O4/c38-31(14-11-29-6-5-18-36-27-29)26-28-12-15-32(16-13-28)40-22-17-30-7-1-2-8-33(30)34-9-3-4-10-35(34)41-25-21-37-19-23-39-24-20-37/h1-10,12-13,15-16,18,27H,11,14,17,19-26H2. The number of carbonyl (C=O) groups is 1. The molecule has 0 unspecified atom stereocenters. The fraction of sp³-hybridized carbons (Fsp3) is 0.314. The molecular formula is C35H38N2O4. The Kier molecular flexibility index (Phi) is 10.5.